The van der Waals surface area contributed by atoms with Gasteiger partial charge >= 0.3 is 0 Å². The molecule has 5 atom stereocenters. The van der Waals surface area contributed by atoms with Crippen LogP contribution >= 0.6 is 23.2 Å². The van der Waals surface area contributed by atoms with Gasteiger partial charge in [-0.3, -0.25) is 14.2 Å². The van der Waals surface area contributed by atoms with Gasteiger partial charge in [0.05, 0.1) is 110 Å². The number of anilines is 3. The van der Waals surface area contributed by atoms with E-state index < -0.39 is 89.1 Å². The molecule has 0 radical (unpaired) electrons. The Balaban J connectivity index is 0.000000146. The van der Waals surface area contributed by atoms with Crippen molar-refractivity contribution in [3.63, 3.8) is 0 Å². The number of aryl methyl sites for hydroxylation is 1. The number of nitrogens with zero attached hydrogens (tertiary/aromatic N) is 7. The summed E-state index contributed by atoms with van der Waals surface area (Å²) in [7, 11) is -32.5. The predicted molar refractivity (Wildman–Crippen MR) is 422 cm³/mol. The summed E-state index contributed by atoms with van der Waals surface area (Å²) in [5.41, 5.74) is 6.45. The van der Waals surface area contributed by atoms with E-state index in [9.17, 15) is 77.5 Å². The van der Waals surface area contributed by atoms with Gasteiger partial charge in [-0.1, -0.05) is 53.0 Å². The molecule has 1 aliphatic heterocycles. The van der Waals surface area contributed by atoms with Gasteiger partial charge in [-0.15, -0.1) is 0 Å². The molecule has 1 fully saturated rings. The van der Waals surface area contributed by atoms with E-state index in [0.717, 1.165) is 5.56 Å². The maximum atomic E-state index is 12.6. The van der Waals surface area contributed by atoms with Gasteiger partial charge in [-0.05, 0) is 176 Å². The van der Waals surface area contributed by atoms with Crippen molar-refractivity contribution in [2.75, 3.05) is 40.5 Å². The average molecular weight is 1700 g/mol. The van der Waals surface area contributed by atoms with Gasteiger partial charge in [0.2, 0.25) is 35.8 Å². The topological polar surface area (TPSA) is 539 Å². The Hall–Kier alpha value is -9.80. The lowest BCUT2D eigenvalue weighted by molar-refractivity contribution is 0.0730. The van der Waals surface area contributed by atoms with E-state index in [2.05, 4.69) is 93.4 Å². The number of benzene rings is 8. The van der Waals surface area contributed by atoms with Crippen LogP contribution in [0.25, 0.3) is 55.2 Å². The van der Waals surface area contributed by atoms with E-state index >= 15 is 0 Å². The van der Waals surface area contributed by atoms with Gasteiger partial charge in [0.1, 0.15) is 49.0 Å². The van der Waals surface area contributed by atoms with E-state index in [4.69, 9.17) is 33.2 Å². The van der Waals surface area contributed by atoms with Crippen LogP contribution in [0, 0.1) is 18.3 Å². The van der Waals surface area contributed by atoms with Crippen molar-refractivity contribution < 1.29 is 82.2 Å². The van der Waals surface area contributed by atoms with Gasteiger partial charge in [-0.25, -0.2) is 79.6 Å². The third-order valence-corrected chi connectivity index (χ3v) is 25.5. The number of halogens is 2. The van der Waals surface area contributed by atoms with Crippen LogP contribution in [0.4, 0.5) is 17.1 Å². The maximum Gasteiger partial charge on any atom is 0.262 e. The number of nitrogens with one attached hydrogen (secondary N) is 8. The second-order valence-corrected chi connectivity index (χ2v) is 39.3. The number of hydrogen-bond donors (Lipinski definition) is 13. The fraction of sp³-hybridized carbons (Fsp3) is 0.0781. The third kappa shape index (κ3) is 20.4. The molecule has 0 spiro atoms. The van der Waals surface area contributed by atoms with Crippen molar-refractivity contribution in [3.8, 4) is 6.07 Å². The van der Waals surface area contributed by atoms with Crippen molar-refractivity contribution >= 4 is 214 Å². The Bertz CT molecular complexity index is 6670. The van der Waals surface area contributed by atoms with E-state index in [-0.39, 0.29) is 56.1 Å². The van der Waals surface area contributed by atoms with Crippen molar-refractivity contribution in [2.45, 2.75) is 52.3 Å². The Morgan fingerprint density at radius 3 is 1.08 bits per heavy atom. The number of aromatic nitrogens is 10. The van der Waals surface area contributed by atoms with Crippen molar-refractivity contribution in [2.24, 2.45) is 0 Å². The van der Waals surface area contributed by atoms with E-state index in [1.807, 2.05) is 13.0 Å². The minimum absolute atomic E-state index is 0.0132. The minimum Gasteiger partial charge on any atom is -0.379 e. The van der Waals surface area contributed by atoms with Gasteiger partial charge in [-0.2, -0.15) is 9.57 Å². The molecule has 0 saturated carbocycles. The monoisotopic (exact) mass is 1700 g/mol. The average Bonchev–Trinajstić information content (AvgIpc) is 1.73. The van der Waals surface area contributed by atoms with Crippen molar-refractivity contribution in [3.05, 3.63) is 185 Å². The SMILES string of the molecule is C=S(=O)(O)c1nc2ccc(C#N)cc2[nH]1.C=S(=O)(O)c1nc2ccc(S(=O)(=O)N3CCOCC3)cc2[nH]1.C=S(=O)(O)c1nc2ccc(S(=O)(=O)Nc3ccc(C)cc3)cc2[nH]1.C=S(=O)(O)c1nc2ccc(S(=O)(=O)Nc3ccc(Cl)cc3)cc2[nH]1.C=S(=O)(O)c1nc2ccc(S(=O)(=O)Nc3ccccc3Cl)cc2[nH]1. The summed E-state index contributed by atoms with van der Waals surface area (Å²) in [4.78, 5) is 32.9. The smallest absolute Gasteiger partial charge is 0.262 e. The highest BCUT2D eigenvalue weighted by Crippen LogP contribution is 2.29. The molecule has 0 aliphatic carbocycles. The molecule has 5 aromatic heterocycles. The zero-order valence-electron chi connectivity index (χ0n) is 56.0. The standard InChI is InChI=1S/C15H15N3O4S2.2C14H12ClN3O4S2.C12H15N3O5S2.C9H7N3O2S/c1-10-3-5-11(6-4-10)18-24(21,22)12-7-8-13-14(9-12)17-15(16-13)23(2,19)20;1-23(19,20)14-16-12-7-6-11(8-13(12)17-14)24(21,22)18-10-4-2-9(15)3-5-10;1-23(19,20)14-16-12-7-6-9(8-13(12)17-14)24(21,22)18-11-5-3-2-4-10(11)15;1-21(16,17)12-13-10-3-2-9(8-11(10)14-12)22(18,19)15-4-6-20-7-5-15;1-15(13,14)9-11-7-3-2-6(5-10)4-8(7)12-9/h3-9,18H,2H2,1H3,(H,16,17)(H,19,20);2*2-8,18H,1H2,(H,16,17)(H,19,20);2-3,8H,1,4-7H2,(H,13,14)(H,16,17);2-4H,1H2,(H,11,12)(H,13,14). The summed E-state index contributed by atoms with van der Waals surface area (Å²) in [5.74, 6) is 15.6. The summed E-state index contributed by atoms with van der Waals surface area (Å²) in [6, 6.07) is 43.1. The van der Waals surface area contributed by atoms with Crippen LogP contribution in [0.5, 0.6) is 0 Å². The lowest BCUT2D eigenvalue weighted by Crippen LogP contribution is -2.40. The van der Waals surface area contributed by atoms with Crippen LogP contribution in [-0.2, 0) is 93.8 Å². The van der Waals surface area contributed by atoms with Crippen LogP contribution in [0.15, 0.2) is 209 Å². The number of imidazole rings is 5. The van der Waals surface area contributed by atoms with Crippen LogP contribution in [-0.4, -0.2) is 187 Å². The van der Waals surface area contributed by atoms with Crippen molar-refractivity contribution in [1.82, 2.24) is 54.1 Å². The normalized spacial score (nSPS) is 15.6. The molecular weight excluding hydrogens is 1640 g/mol. The first-order chi connectivity index (χ1) is 50.7. The molecule has 13 aromatic rings. The molecule has 574 valence electrons. The van der Waals surface area contributed by atoms with Gasteiger partial charge < -0.3 is 52.4 Å². The molecule has 1 saturated heterocycles. The fourth-order valence-electron chi connectivity index (χ4n) is 9.59. The molecular formula is C64H61Cl2N15O19S9. The third-order valence-electron chi connectivity index (χ3n) is 14.9. The largest absolute Gasteiger partial charge is 0.379 e. The Labute approximate surface area is 634 Å². The summed E-state index contributed by atoms with van der Waals surface area (Å²) in [6.45, 7) is 3.24. The number of para-hydroxylation sites is 1. The second kappa shape index (κ2) is 31.7. The number of nitriles is 1. The highest BCUT2D eigenvalue weighted by molar-refractivity contribution is 7.96. The summed E-state index contributed by atoms with van der Waals surface area (Å²) in [5, 5.41) is 8.54. The highest BCUT2D eigenvalue weighted by Gasteiger charge is 2.28. The highest BCUT2D eigenvalue weighted by atomic mass is 35.5. The number of sulfonamides is 4. The summed E-state index contributed by atoms with van der Waals surface area (Å²) < 4.78 is 218. The molecule has 0 amide bonds. The number of ether oxygens (including phenoxy) is 1. The molecule has 34 nitrogen and oxygen atoms in total. The van der Waals surface area contributed by atoms with Crippen LogP contribution < -0.4 is 14.2 Å². The lowest BCUT2D eigenvalue weighted by Gasteiger charge is -2.25. The molecule has 14 rings (SSSR count). The first-order valence-corrected chi connectivity index (χ1v) is 45.4. The van der Waals surface area contributed by atoms with Gasteiger partial charge in [0, 0.05) is 29.5 Å². The number of morpholine rings is 1. The number of aromatic amines is 5. The number of fused-ring (bicyclic) bond motifs is 5. The lowest BCUT2D eigenvalue weighted by atomic mass is 10.2. The molecule has 0 bridgehead atoms. The Kier molecular flexibility index (Phi) is 23.7. The van der Waals surface area contributed by atoms with E-state index in [1.54, 1.807) is 72.8 Å². The summed E-state index contributed by atoms with van der Waals surface area (Å²) >= 11 is 11.7. The quantitative estimate of drug-likeness (QED) is 0.0403. The van der Waals surface area contributed by atoms with E-state index in [1.165, 1.54) is 95.3 Å². The predicted octanol–water partition coefficient (Wildman–Crippen LogP) is 8.47. The van der Waals surface area contributed by atoms with Gasteiger partial charge in [0.15, 0.2) is 0 Å². The van der Waals surface area contributed by atoms with Crippen LogP contribution in [0.2, 0.25) is 10.0 Å². The number of H-pyrrole nitrogens is 5. The first-order valence-electron chi connectivity index (χ1n) is 30.4. The number of hydrogen-bond acceptors (Lipinski definition) is 20. The zero-order valence-corrected chi connectivity index (χ0v) is 64.8. The molecule has 8 aromatic carbocycles. The molecule has 6 heterocycles. The minimum atomic E-state index is -3.89. The van der Waals surface area contributed by atoms with E-state index in [0.29, 0.717) is 103 Å². The van der Waals surface area contributed by atoms with Gasteiger partial charge in [0.25, 0.3) is 30.1 Å². The molecule has 109 heavy (non-hydrogen) atoms. The molecule has 1 aliphatic rings. The number of rotatable bonds is 16. The van der Waals surface area contributed by atoms with Crippen LogP contribution in [0.3, 0.4) is 0 Å². The Morgan fingerprint density at radius 1 is 0.422 bits per heavy atom. The second-order valence-electron chi connectivity index (χ2n) is 23.2. The van der Waals surface area contributed by atoms with Crippen molar-refractivity contribution in [1.29, 1.82) is 5.26 Å². The molecule has 45 heteroatoms. The molecule has 5 unspecified atom stereocenters. The summed E-state index contributed by atoms with van der Waals surface area (Å²) in [6.07, 6.45) is 0. The van der Waals surface area contributed by atoms with Crippen LogP contribution in [0.1, 0.15) is 11.1 Å². The zero-order chi connectivity index (χ0) is 79.6. The molecule has 13 N–H and O–H groups in total. The maximum absolute atomic E-state index is 12.6. The fourth-order valence-corrected chi connectivity index (χ4v) is 17.2. The Morgan fingerprint density at radius 2 is 0.734 bits per heavy atom. The first kappa shape index (κ1) is 81.7.